The lowest BCUT2D eigenvalue weighted by molar-refractivity contribution is -0.146. The number of benzene rings is 4. The molecule has 0 bridgehead atoms. The summed E-state index contributed by atoms with van der Waals surface area (Å²) in [6.45, 7) is 2.58. The molecule has 4 rings (SSSR count). The molecule has 0 aromatic heterocycles. The van der Waals surface area contributed by atoms with Crippen LogP contribution < -0.4 is 14.2 Å². The normalized spacial score (nSPS) is 11.9. The SMILES string of the molecule is C[C@@H](Oc1ccc(Oc2ccc(C#N)cc2F)cc1)C(=O)O.C[C@H](OC(=O)c1cc(Oc2ccc(C(F)(F)F)cc2Cl)ccc1Cl)C(=O)O. The average Bonchev–Trinajstić information content (AvgIpc) is 3.04. The number of carboxylic acids is 2. The van der Waals surface area contributed by atoms with E-state index >= 15 is 0 Å². The molecular formula is C33H23Cl2F4NO9. The van der Waals surface area contributed by atoms with Gasteiger partial charge in [-0.25, -0.2) is 18.8 Å². The lowest BCUT2D eigenvalue weighted by Gasteiger charge is -2.13. The molecule has 4 aromatic rings. The van der Waals surface area contributed by atoms with Crippen molar-refractivity contribution in [3.63, 3.8) is 0 Å². The second-order valence-corrected chi connectivity index (χ2v) is 10.5. The number of hydrogen-bond acceptors (Lipinski definition) is 8. The van der Waals surface area contributed by atoms with Crippen LogP contribution in [-0.4, -0.2) is 40.3 Å². The van der Waals surface area contributed by atoms with Crippen molar-refractivity contribution in [1.82, 2.24) is 0 Å². The molecule has 0 unspecified atom stereocenters. The molecule has 2 N–H and O–H groups in total. The van der Waals surface area contributed by atoms with Crippen LogP contribution in [0.1, 0.15) is 35.3 Å². The van der Waals surface area contributed by atoms with Crippen molar-refractivity contribution in [1.29, 1.82) is 5.26 Å². The summed E-state index contributed by atoms with van der Waals surface area (Å²) in [4.78, 5) is 33.5. The summed E-state index contributed by atoms with van der Waals surface area (Å²) < 4.78 is 72.3. The zero-order valence-corrected chi connectivity index (χ0v) is 26.6. The average molecular weight is 724 g/mol. The molecular weight excluding hydrogens is 701 g/mol. The van der Waals surface area contributed by atoms with Gasteiger partial charge in [-0.05, 0) is 92.7 Å². The number of carbonyl (C=O) groups excluding carboxylic acids is 1. The van der Waals surface area contributed by atoms with E-state index in [2.05, 4.69) is 0 Å². The van der Waals surface area contributed by atoms with Gasteiger partial charge in [-0.2, -0.15) is 18.4 Å². The Hall–Kier alpha value is -5.52. The molecule has 0 amide bonds. The summed E-state index contributed by atoms with van der Waals surface area (Å²) >= 11 is 11.7. The maximum absolute atomic E-state index is 13.7. The predicted octanol–water partition coefficient (Wildman–Crippen LogP) is 8.78. The first-order valence-electron chi connectivity index (χ1n) is 13.6. The van der Waals surface area contributed by atoms with Crippen molar-refractivity contribution in [3.8, 4) is 34.8 Å². The summed E-state index contributed by atoms with van der Waals surface area (Å²) in [7, 11) is 0. The molecule has 0 fully saturated rings. The lowest BCUT2D eigenvalue weighted by Crippen LogP contribution is -2.23. The minimum atomic E-state index is -4.56. The number of nitrogens with zero attached hydrogens (tertiary/aromatic N) is 1. The molecule has 4 aromatic carbocycles. The summed E-state index contributed by atoms with van der Waals surface area (Å²) in [5.74, 6) is -3.38. The molecule has 0 spiro atoms. The highest BCUT2D eigenvalue weighted by Gasteiger charge is 2.31. The summed E-state index contributed by atoms with van der Waals surface area (Å²) in [5, 5.41) is 25.9. The number of ether oxygens (including phenoxy) is 4. The van der Waals surface area contributed by atoms with Crippen LogP contribution in [0.2, 0.25) is 10.0 Å². The largest absolute Gasteiger partial charge is 0.479 e. The first kappa shape index (κ1) is 37.9. The molecule has 0 aliphatic rings. The molecule has 0 saturated heterocycles. The van der Waals surface area contributed by atoms with E-state index < -0.39 is 47.7 Å². The van der Waals surface area contributed by atoms with E-state index in [1.165, 1.54) is 55.5 Å². The van der Waals surface area contributed by atoms with E-state index in [0.29, 0.717) is 17.6 Å². The molecule has 0 aliphatic heterocycles. The van der Waals surface area contributed by atoms with E-state index in [1.54, 1.807) is 0 Å². The Balaban J connectivity index is 0.000000271. The third-order valence-electron chi connectivity index (χ3n) is 6.05. The van der Waals surface area contributed by atoms with Crippen LogP contribution in [0.25, 0.3) is 0 Å². The highest BCUT2D eigenvalue weighted by atomic mass is 35.5. The topological polar surface area (TPSA) is 152 Å². The smallest absolute Gasteiger partial charge is 0.416 e. The van der Waals surface area contributed by atoms with E-state index in [9.17, 15) is 31.9 Å². The number of carbonyl (C=O) groups is 3. The standard InChI is InChI=1S/C17H11Cl2F3O5.C16H12FNO4/c1-8(15(23)24)26-16(25)11-7-10(3-4-12(11)18)27-14-5-2-9(6-13(14)19)17(20,21)22;1-10(16(19)20)21-12-3-5-13(6-4-12)22-15-7-2-11(9-18)8-14(15)17/h2-8H,1H3,(H,23,24);2-8,10H,1H3,(H,19,20)/t8-;10-/m01/s1. The van der Waals surface area contributed by atoms with Crippen molar-refractivity contribution in [2.75, 3.05) is 0 Å². The van der Waals surface area contributed by atoms with Gasteiger partial charge in [0.05, 0.1) is 32.8 Å². The summed E-state index contributed by atoms with van der Waals surface area (Å²) in [6, 6.07) is 18.2. The van der Waals surface area contributed by atoms with Crippen LogP contribution in [-0.2, 0) is 20.5 Å². The third-order valence-corrected chi connectivity index (χ3v) is 6.67. The van der Waals surface area contributed by atoms with Gasteiger partial charge in [-0.3, -0.25) is 0 Å². The van der Waals surface area contributed by atoms with E-state index in [4.69, 9.17) is 57.6 Å². The quantitative estimate of drug-likeness (QED) is 0.120. The van der Waals surface area contributed by atoms with Gasteiger partial charge in [-0.1, -0.05) is 23.2 Å². The number of alkyl halides is 3. The maximum Gasteiger partial charge on any atom is 0.416 e. The highest BCUT2D eigenvalue weighted by Crippen LogP contribution is 2.37. The Morgan fingerprint density at radius 1 is 0.755 bits per heavy atom. The molecule has 0 saturated carbocycles. The molecule has 0 aliphatic carbocycles. The van der Waals surface area contributed by atoms with Gasteiger partial charge in [0.15, 0.2) is 23.8 Å². The van der Waals surface area contributed by atoms with E-state index in [1.807, 2.05) is 6.07 Å². The van der Waals surface area contributed by atoms with Gasteiger partial charge in [-0.15, -0.1) is 0 Å². The number of aliphatic carboxylic acids is 2. The van der Waals surface area contributed by atoms with Gasteiger partial charge in [0.2, 0.25) is 0 Å². The zero-order valence-electron chi connectivity index (χ0n) is 25.1. The van der Waals surface area contributed by atoms with Gasteiger partial charge < -0.3 is 29.2 Å². The van der Waals surface area contributed by atoms with Crippen molar-refractivity contribution in [2.24, 2.45) is 0 Å². The van der Waals surface area contributed by atoms with Gasteiger partial charge in [0.25, 0.3) is 0 Å². The minimum absolute atomic E-state index is 0.00780. The molecule has 10 nitrogen and oxygen atoms in total. The van der Waals surface area contributed by atoms with Crippen LogP contribution in [0, 0.1) is 17.1 Å². The first-order valence-corrected chi connectivity index (χ1v) is 14.4. The monoisotopic (exact) mass is 723 g/mol. The van der Waals surface area contributed by atoms with Gasteiger partial charge in [0.1, 0.15) is 23.0 Å². The minimum Gasteiger partial charge on any atom is -0.479 e. The van der Waals surface area contributed by atoms with Crippen molar-refractivity contribution in [2.45, 2.75) is 32.2 Å². The lowest BCUT2D eigenvalue weighted by atomic mass is 10.2. The van der Waals surface area contributed by atoms with E-state index in [-0.39, 0.29) is 38.4 Å². The Morgan fingerprint density at radius 2 is 1.33 bits per heavy atom. The second kappa shape index (κ2) is 16.5. The Kier molecular flexibility index (Phi) is 12.8. The fourth-order valence-corrected chi connectivity index (χ4v) is 3.92. The molecule has 49 heavy (non-hydrogen) atoms. The predicted molar refractivity (Wildman–Crippen MR) is 166 cm³/mol. The van der Waals surface area contributed by atoms with Crippen LogP contribution in [0.5, 0.6) is 28.7 Å². The van der Waals surface area contributed by atoms with Crippen molar-refractivity contribution >= 4 is 41.1 Å². The second-order valence-electron chi connectivity index (χ2n) is 9.70. The molecule has 16 heteroatoms. The Morgan fingerprint density at radius 3 is 1.88 bits per heavy atom. The Labute approximate surface area is 285 Å². The molecule has 0 radical (unpaired) electrons. The molecule has 0 heterocycles. The fourth-order valence-electron chi connectivity index (χ4n) is 3.51. The van der Waals surface area contributed by atoms with Crippen LogP contribution in [0.15, 0.2) is 78.9 Å². The number of rotatable bonds is 10. The molecule has 2 atom stereocenters. The van der Waals surface area contributed by atoms with Gasteiger partial charge >= 0.3 is 24.1 Å². The van der Waals surface area contributed by atoms with Crippen molar-refractivity contribution in [3.05, 3.63) is 111 Å². The van der Waals surface area contributed by atoms with E-state index in [0.717, 1.165) is 31.2 Å². The van der Waals surface area contributed by atoms with Crippen LogP contribution >= 0.6 is 23.2 Å². The number of esters is 1. The number of hydrogen-bond donors (Lipinski definition) is 2. The summed E-state index contributed by atoms with van der Waals surface area (Å²) in [6.07, 6.45) is -6.93. The number of halogens is 6. The van der Waals surface area contributed by atoms with Crippen LogP contribution in [0.4, 0.5) is 17.6 Å². The number of nitriles is 1. The zero-order chi connectivity index (χ0) is 36.5. The summed E-state index contributed by atoms with van der Waals surface area (Å²) in [5.41, 5.74) is -0.913. The highest BCUT2D eigenvalue weighted by molar-refractivity contribution is 6.33. The maximum atomic E-state index is 13.7. The third kappa shape index (κ3) is 11.0. The Bertz CT molecular complexity index is 1880. The van der Waals surface area contributed by atoms with Crippen molar-refractivity contribution < 1.29 is 61.1 Å². The number of carboxylic acid groups (broad SMARTS) is 2. The first-order chi connectivity index (χ1) is 23.0. The fraction of sp³-hybridized carbons (Fsp3) is 0.152. The van der Waals surface area contributed by atoms with Crippen LogP contribution in [0.3, 0.4) is 0 Å². The molecule has 256 valence electrons. The van der Waals surface area contributed by atoms with Gasteiger partial charge in [0, 0.05) is 0 Å².